The van der Waals surface area contributed by atoms with Crippen LogP contribution in [0.5, 0.6) is 0 Å². The number of likely N-dealkylation sites (tertiary alicyclic amines) is 1. The third-order valence-corrected chi connectivity index (χ3v) is 4.66. The lowest BCUT2D eigenvalue weighted by Crippen LogP contribution is -2.35. The molecular weight excluding hydrogens is 303 g/mol. The summed E-state index contributed by atoms with van der Waals surface area (Å²) in [5.41, 5.74) is 3.25. The number of aliphatic hydroxyl groups excluding tert-OH is 1. The van der Waals surface area contributed by atoms with Gasteiger partial charge in [0.25, 0.3) is 0 Å². The number of rotatable bonds is 6. The highest BCUT2D eigenvalue weighted by molar-refractivity contribution is 5.27. The first-order chi connectivity index (χ1) is 11.7. The van der Waals surface area contributed by atoms with Crippen molar-refractivity contribution in [2.24, 2.45) is 0 Å². The summed E-state index contributed by atoms with van der Waals surface area (Å²) in [6, 6.07) is 15.3. The molecule has 0 radical (unpaired) electrons. The second-order valence-corrected chi connectivity index (χ2v) is 6.47. The number of benzene rings is 2. The molecule has 3 rings (SSSR count). The van der Waals surface area contributed by atoms with E-state index in [0.29, 0.717) is 12.1 Å². The highest BCUT2D eigenvalue weighted by Gasteiger charge is 2.17. The normalized spacial score (nSPS) is 16.4. The predicted octanol–water partition coefficient (Wildman–Crippen LogP) is 3.07. The summed E-state index contributed by atoms with van der Waals surface area (Å²) in [5.74, 6) is -0.162. The van der Waals surface area contributed by atoms with Gasteiger partial charge < -0.3 is 10.4 Å². The first-order valence-electron chi connectivity index (χ1n) is 8.63. The Bertz CT molecular complexity index is 654. The van der Waals surface area contributed by atoms with Gasteiger partial charge in [-0.3, -0.25) is 4.90 Å². The molecule has 1 heterocycles. The molecule has 2 N–H and O–H groups in total. The molecule has 1 aliphatic heterocycles. The molecular formula is C20H25FN2O. The Labute approximate surface area is 143 Å². The molecule has 2 aromatic carbocycles. The van der Waals surface area contributed by atoms with Gasteiger partial charge in [-0.05, 0) is 30.0 Å². The molecule has 0 aromatic heterocycles. The zero-order valence-corrected chi connectivity index (χ0v) is 13.9. The van der Waals surface area contributed by atoms with Crippen molar-refractivity contribution in [3.05, 3.63) is 71.0 Å². The van der Waals surface area contributed by atoms with Crippen LogP contribution in [0.3, 0.4) is 0 Å². The average Bonchev–Trinajstić information content (AvgIpc) is 2.60. The first kappa shape index (κ1) is 17.1. The van der Waals surface area contributed by atoms with Crippen LogP contribution < -0.4 is 5.32 Å². The van der Waals surface area contributed by atoms with Gasteiger partial charge in [-0.15, -0.1) is 0 Å². The quantitative estimate of drug-likeness (QED) is 0.855. The van der Waals surface area contributed by atoms with Crippen molar-refractivity contribution in [3.63, 3.8) is 0 Å². The number of nitrogens with zero attached hydrogens (tertiary/aromatic N) is 1. The number of hydrogen-bond acceptors (Lipinski definition) is 3. The minimum Gasteiger partial charge on any atom is -0.393 e. The van der Waals surface area contributed by atoms with Crippen LogP contribution in [0.1, 0.15) is 29.5 Å². The van der Waals surface area contributed by atoms with Crippen molar-refractivity contribution in [1.82, 2.24) is 10.2 Å². The summed E-state index contributed by atoms with van der Waals surface area (Å²) < 4.78 is 13.7. The Hall–Kier alpha value is -1.75. The van der Waals surface area contributed by atoms with E-state index in [9.17, 15) is 9.50 Å². The predicted molar refractivity (Wildman–Crippen MR) is 93.9 cm³/mol. The lowest BCUT2D eigenvalue weighted by atomic mass is 10.0. The number of halogens is 1. The lowest BCUT2D eigenvalue weighted by Gasteiger charge is -2.30. The van der Waals surface area contributed by atoms with Gasteiger partial charge in [0.15, 0.2) is 0 Å². The number of aliphatic hydroxyl groups is 1. The van der Waals surface area contributed by atoms with Crippen molar-refractivity contribution in [3.8, 4) is 0 Å². The smallest absolute Gasteiger partial charge is 0.127 e. The Morgan fingerprint density at radius 3 is 2.21 bits per heavy atom. The van der Waals surface area contributed by atoms with Gasteiger partial charge in [0.2, 0.25) is 0 Å². The number of nitrogens with one attached hydrogen (secondary N) is 1. The fourth-order valence-corrected chi connectivity index (χ4v) is 3.18. The largest absolute Gasteiger partial charge is 0.393 e. The Morgan fingerprint density at radius 2 is 1.50 bits per heavy atom. The molecule has 0 amide bonds. The van der Waals surface area contributed by atoms with E-state index in [0.717, 1.165) is 39.0 Å². The molecule has 2 aromatic rings. The zero-order chi connectivity index (χ0) is 16.8. The van der Waals surface area contributed by atoms with Gasteiger partial charge in [-0.1, -0.05) is 42.5 Å². The van der Waals surface area contributed by atoms with Crippen LogP contribution in [0.15, 0.2) is 48.5 Å². The van der Waals surface area contributed by atoms with Gasteiger partial charge in [-0.2, -0.15) is 0 Å². The summed E-state index contributed by atoms with van der Waals surface area (Å²) in [4.78, 5) is 2.39. The van der Waals surface area contributed by atoms with Crippen LogP contribution >= 0.6 is 0 Å². The van der Waals surface area contributed by atoms with Gasteiger partial charge in [-0.25, -0.2) is 4.39 Å². The molecule has 24 heavy (non-hydrogen) atoms. The molecule has 4 heteroatoms. The van der Waals surface area contributed by atoms with Crippen LogP contribution in [0.4, 0.5) is 4.39 Å². The molecule has 1 fully saturated rings. The maximum Gasteiger partial charge on any atom is 0.127 e. The molecule has 0 unspecified atom stereocenters. The maximum absolute atomic E-state index is 13.7. The van der Waals surface area contributed by atoms with Crippen LogP contribution in [0, 0.1) is 5.82 Å². The second-order valence-electron chi connectivity index (χ2n) is 6.47. The maximum atomic E-state index is 13.7. The Kier molecular flexibility index (Phi) is 5.96. The second kappa shape index (κ2) is 8.38. The van der Waals surface area contributed by atoms with Crippen molar-refractivity contribution in [1.29, 1.82) is 0 Å². The van der Waals surface area contributed by atoms with E-state index in [2.05, 4.69) is 28.4 Å². The zero-order valence-electron chi connectivity index (χ0n) is 13.9. The molecule has 3 nitrogen and oxygen atoms in total. The number of piperidine rings is 1. The fourth-order valence-electron chi connectivity index (χ4n) is 3.18. The lowest BCUT2D eigenvalue weighted by molar-refractivity contribution is 0.0791. The van der Waals surface area contributed by atoms with Crippen molar-refractivity contribution in [2.45, 2.75) is 38.6 Å². The summed E-state index contributed by atoms with van der Waals surface area (Å²) in [7, 11) is 0. The van der Waals surface area contributed by atoms with E-state index in [1.165, 1.54) is 17.2 Å². The molecule has 0 saturated carbocycles. The summed E-state index contributed by atoms with van der Waals surface area (Å²) in [6.07, 6.45) is 1.57. The van der Waals surface area contributed by atoms with Crippen molar-refractivity contribution >= 4 is 0 Å². The summed E-state index contributed by atoms with van der Waals surface area (Å²) in [6.45, 7) is 4.04. The van der Waals surface area contributed by atoms with E-state index >= 15 is 0 Å². The highest BCUT2D eigenvalue weighted by Crippen LogP contribution is 2.17. The van der Waals surface area contributed by atoms with Gasteiger partial charge in [0, 0.05) is 38.3 Å². The average molecular weight is 328 g/mol. The fraction of sp³-hybridized carbons (Fsp3) is 0.400. The van der Waals surface area contributed by atoms with E-state index in [-0.39, 0.29) is 11.9 Å². The third-order valence-electron chi connectivity index (χ3n) is 4.66. The standard InChI is InChI=1S/C20H25FN2O/c21-20-8-4-3-6-17(20)14-22-13-16-5-1-2-7-18(16)15-23-11-9-19(24)10-12-23/h1-8,19,22,24H,9-15H2. The highest BCUT2D eigenvalue weighted by atomic mass is 19.1. The van der Waals surface area contributed by atoms with Crippen LogP contribution in [0.2, 0.25) is 0 Å². The molecule has 0 bridgehead atoms. The van der Waals surface area contributed by atoms with Gasteiger partial charge in [0.05, 0.1) is 6.10 Å². The molecule has 0 atom stereocenters. The van der Waals surface area contributed by atoms with E-state index in [4.69, 9.17) is 0 Å². The molecule has 0 aliphatic carbocycles. The molecule has 128 valence electrons. The number of hydrogen-bond donors (Lipinski definition) is 2. The Morgan fingerprint density at radius 1 is 0.917 bits per heavy atom. The van der Waals surface area contributed by atoms with E-state index in [1.54, 1.807) is 6.07 Å². The van der Waals surface area contributed by atoms with E-state index < -0.39 is 0 Å². The molecule has 1 aliphatic rings. The summed E-state index contributed by atoms with van der Waals surface area (Å²) >= 11 is 0. The molecule has 1 saturated heterocycles. The third kappa shape index (κ3) is 4.63. The summed E-state index contributed by atoms with van der Waals surface area (Å²) in [5, 5.41) is 13.0. The van der Waals surface area contributed by atoms with Crippen LogP contribution in [-0.4, -0.2) is 29.2 Å². The Balaban J connectivity index is 1.57. The SMILES string of the molecule is OC1CCN(Cc2ccccc2CNCc2ccccc2F)CC1. The minimum atomic E-state index is -0.162. The van der Waals surface area contributed by atoms with Crippen molar-refractivity contribution < 1.29 is 9.50 Å². The van der Waals surface area contributed by atoms with Gasteiger partial charge in [0.1, 0.15) is 5.82 Å². The van der Waals surface area contributed by atoms with Crippen LogP contribution in [-0.2, 0) is 19.6 Å². The van der Waals surface area contributed by atoms with Gasteiger partial charge >= 0.3 is 0 Å². The minimum absolute atomic E-state index is 0.140. The van der Waals surface area contributed by atoms with E-state index in [1.807, 2.05) is 18.2 Å². The van der Waals surface area contributed by atoms with Crippen LogP contribution in [0.25, 0.3) is 0 Å². The van der Waals surface area contributed by atoms with Crippen molar-refractivity contribution in [2.75, 3.05) is 13.1 Å². The topological polar surface area (TPSA) is 35.5 Å². The molecule has 0 spiro atoms. The monoisotopic (exact) mass is 328 g/mol. The first-order valence-corrected chi connectivity index (χ1v) is 8.63.